The van der Waals surface area contributed by atoms with E-state index in [4.69, 9.17) is 10.00 Å². The minimum Gasteiger partial charge on any atom is -0.485 e. The molecule has 2 heterocycles. The van der Waals surface area contributed by atoms with Crippen molar-refractivity contribution in [2.24, 2.45) is 4.99 Å². The van der Waals surface area contributed by atoms with E-state index in [9.17, 15) is 0 Å². The topological polar surface area (TPSA) is 58.3 Å². The van der Waals surface area contributed by atoms with Crippen molar-refractivity contribution in [2.45, 2.75) is 19.4 Å². The molecule has 4 nitrogen and oxygen atoms in total. The molecule has 1 aromatic heterocycles. The van der Waals surface area contributed by atoms with E-state index in [1.807, 2.05) is 36.5 Å². The zero-order valence-electron chi connectivity index (χ0n) is 14.4. The number of aromatic nitrogens is 1. The second-order valence-corrected chi connectivity index (χ2v) is 6.34. The number of nitriles is 1. The van der Waals surface area contributed by atoms with Crippen LogP contribution in [0.15, 0.2) is 72.0 Å². The molecule has 0 fully saturated rings. The van der Waals surface area contributed by atoms with Gasteiger partial charge in [-0.15, -0.1) is 0 Å². The summed E-state index contributed by atoms with van der Waals surface area (Å²) in [6.07, 6.45) is 5.82. The number of nitrogens with zero attached hydrogens (tertiary/aromatic N) is 3. The van der Waals surface area contributed by atoms with Gasteiger partial charge in [-0.3, -0.25) is 4.98 Å². The van der Waals surface area contributed by atoms with Gasteiger partial charge in [0.05, 0.1) is 5.71 Å². The number of ether oxygens (including phenoxy) is 1. The van der Waals surface area contributed by atoms with Crippen LogP contribution >= 0.6 is 0 Å². The molecule has 26 heavy (non-hydrogen) atoms. The van der Waals surface area contributed by atoms with Crippen molar-refractivity contribution < 1.29 is 4.74 Å². The van der Waals surface area contributed by atoms with E-state index >= 15 is 0 Å². The molecule has 126 valence electrons. The lowest BCUT2D eigenvalue weighted by molar-refractivity contribution is 0.206. The van der Waals surface area contributed by atoms with Crippen LogP contribution in [-0.4, -0.2) is 10.7 Å². The lowest BCUT2D eigenvalue weighted by atomic mass is 9.93. The minimum atomic E-state index is -0.187. The van der Waals surface area contributed by atoms with Crippen LogP contribution in [0, 0.1) is 18.4 Å². The number of pyridine rings is 1. The molecule has 1 unspecified atom stereocenters. The van der Waals surface area contributed by atoms with E-state index in [2.05, 4.69) is 41.2 Å². The Balaban J connectivity index is 1.76. The molecule has 0 saturated heterocycles. The fourth-order valence-corrected chi connectivity index (χ4v) is 3.26. The van der Waals surface area contributed by atoms with Crippen LogP contribution in [0.4, 0.5) is 0 Å². The van der Waals surface area contributed by atoms with Crippen LogP contribution in [0.1, 0.15) is 29.2 Å². The maximum absolute atomic E-state index is 9.13. The molecule has 0 bridgehead atoms. The van der Waals surface area contributed by atoms with Gasteiger partial charge in [0.1, 0.15) is 11.9 Å². The average molecular weight is 339 g/mol. The van der Waals surface area contributed by atoms with E-state index < -0.39 is 0 Å². The normalized spacial score (nSPS) is 17.2. The van der Waals surface area contributed by atoms with Crippen LogP contribution < -0.4 is 4.74 Å². The molecule has 0 N–H and O–H groups in total. The quantitative estimate of drug-likeness (QED) is 0.627. The first-order valence-electron chi connectivity index (χ1n) is 8.48. The standard InChI is InChI=1S/C22H17N3O/c1-15-4-2-5-16(10-15)17-7-8-21-19(11-17)20(25-14-23)12-22(26-21)18-6-3-9-24-13-18/h2-11,13,22H,12H2,1H3. The van der Waals surface area contributed by atoms with Gasteiger partial charge in [0.25, 0.3) is 0 Å². The van der Waals surface area contributed by atoms with Crippen molar-refractivity contribution in [1.29, 1.82) is 5.26 Å². The number of aryl methyl sites for hydroxylation is 1. The summed E-state index contributed by atoms with van der Waals surface area (Å²) in [4.78, 5) is 8.24. The third-order valence-corrected chi connectivity index (χ3v) is 4.53. The highest BCUT2D eigenvalue weighted by atomic mass is 16.5. The van der Waals surface area contributed by atoms with Crippen molar-refractivity contribution in [3.8, 4) is 23.1 Å². The molecule has 0 spiro atoms. The zero-order valence-corrected chi connectivity index (χ0v) is 14.4. The van der Waals surface area contributed by atoms with Crippen LogP contribution in [0.25, 0.3) is 11.1 Å². The largest absolute Gasteiger partial charge is 0.485 e. The number of benzene rings is 2. The van der Waals surface area contributed by atoms with Crippen molar-refractivity contribution in [2.75, 3.05) is 0 Å². The average Bonchev–Trinajstić information content (AvgIpc) is 2.68. The predicted octanol–water partition coefficient (Wildman–Crippen LogP) is 4.85. The summed E-state index contributed by atoms with van der Waals surface area (Å²) in [7, 11) is 0. The molecular formula is C22H17N3O. The molecule has 0 radical (unpaired) electrons. The van der Waals surface area contributed by atoms with Crippen molar-refractivity contribution in [3.05, 3.63) is 83.7 Å². The highest BCUT2D eigenvalue weighted by molar-refractivity contribution is 6.05. The minimum absolute atomic E-state index is 0.187. The van der Waals surface area contributed by atoms with Gasteiger partial charge in [-0.2, -0.15) is 10.3 Å². The van der Waals surface area contributed by atoms with Gasteiger partial charge in [0, 0.05) is 29.9 Å². The SMILES string of the molecule is Cc1cccc(-c2ccc3c(c2)C(=NC#N)CC(c2cccnc2)O3)c1. The van der Waals surface area contributed by atoms with Crippen LogP contribution in [0.5, 0.6) is 5.75 Å². The summed E-state index contributed by atoms with van der Waals surface area (Å²) in [6.45, 7) is 2.08. The number of fused-ring (bicyclic) bond motifs is 1. The third kappa shape index (κ3) is 3.07. The Morgan fingerprint density at radius 1 is 1.12 bits per heavy atom. The summed E-state index contributed by atoms with van der Waals surface area (Å²) in [5, 5.41) is 9.13. The Morgan fingerprint density at radius 2 is 2.00 bits per heavy atom. The molecular weight excluding hydrogens is 322 g/mol. The Bertz CT molecular complexity index is 1020. The van der Waals surface area contributed by atoms with E-state index in [0.717, 1.165) is 33.7 Å². The van der Waals surface area contributed by atoms with Crippen LogP contribution in [-0.2, 0) is 0 Å². The van der Waals surface area contributed by atoms with Crippen LogP contribution in [0.3, 0.4) is 0 Å². The van der Waals surface area contributed by atoms with E-state index in [1.165, 1.54) is 5.56 Å². The number of hydrogen-bond acceptors (Lipinski definition) is 4. The molecule has 2 aromatic carbocycles. The highest BCUT2D eigenvalue weighted by Crippen LogP contribution is 2.37. The van der Waals surface area contributed by atoms with E-state index in [-0.39, 0.29) is 6.10 Å². The lowest BCUT2D eigenvalue weighted by Crippen LogP contribution is -2.21. The first-order chi connectivity index (χ1) is 12.7. The van der Waals surface area contributed by atoms with Crippen molar-refractivity contribution >= 4 is 5.71 Å². The van der Waals surface area contributed by atoms with Crippen LogP contribution in [0.2, 0.25) is 0 Å². The molecule has 0 saturated carbocycles. The van der Waals surface area contributed by atoms with E-state index in [1.54, 1.807) is 12.4 Å². The first-order valence-corrected chi connectivity index (χ1v) is 8.48. The van der Waals surface area contributed by atoms with Crippen molar-refractivity contribution in [1.82, 2.24) is 4.98 Å². The summed E-state index contributed by atoms with van der Waals surface area (Å²) >= 11 is 0. The molecule has 0 amide bonds. The van der Waals surface area contributed by atoms with Crippen molar-refractivity contribution in [3.63, 3.8) is 0 Å². The first kappa shape index (κ1) is 16.0. The monoisotopic (exact) mass is 339 g/mol. The van der Waals surface area contributed by atoms with Gasteiger partial charge in [0.2, 0.25) is 6.19 Å². The Kier molecular flexibility index (Phi) is 4.20. The molecule has 4 rings (SSSR count). The van der Waals surface area contributed by atoms with Gasteiger partial charge in [-0.1, -0.05) is 42.0 Å². The third-order valence-electron chi connectivity index (χ3n) is 4.53. The molecule has 4 heteroatoms. The zero-order chi connectivity index (χ0) is 17.9. The second kappa shape index (κ2) is 6.81. The van der Waals surface area contributed by atoms with E-state index in [0.29, 0.717) is 6.42 Å². The fourth-order valence-electron chi connectivity index (χ4n) is 3.26. The van der Waals surface area contributed by atoms with Gasteiger partial charge in [0.15, 0.2) is 0 Å². The summed E-state index contributed by atoms with van der Waals surface area (Å²) in [5.41, 5.74) is 6.04. The number of hydrogen-bond donors (Lipinski definition) is 0. The summed E-state index contributed by atoms with van der Waals surface area (Å²) < 4.78 is 6.18. The molecule has 1 aliphatic heterocycles. The Morgan fingerprint density at radius 3 is 2.77 bits per heavy atom. The molecule has 0 aliphatic carbocycles. The number of rotatable bonds is 2. The Hall–Kier alpha value is -3.45. The number of aliphatic imine (C=N–C) groups is 1. The molecule has 3 aromatic rings. The van der Waals surface area contributed by atoms with Gasteiger partial charge < -0.3 is 4.74 Å². The summed E-state index contributed by atoms with van der Waals surface area (Å²) in [5.74, 6) is 0.746. The molecule has 1 atom stereocenters. The molecule has 1 aliphatic rings. The highest BCUT2D eigenvalue weighted by Gasteiger charge is 2.27. The smallest absolute Gasteiger partial charge is 0.205 e. The maximum Gasteiger partial charge on any atom is 0.205 e. The van der Waals surface area contributed by atoms with Gasteiger partial charge >= 0.3 is 0 Å². The van der Waals surface area contributed by atoms with Gasteiger partial charge in [-0.25, -0.2) is 0 Å². The Labute approximate surface area is 152 Å². The lowest BCUT2D eigenvalue weighted by Gasteiger charge is -2.27. The van der Waals surface area contributed by atoms with Gasteiger partial charge in [-0.05, 0) is 36.2 Å². The second-order valence-electron chi connectivity index (χ2n) is 6.34. The summed E-state index contributed by atoms with van der Waals surface area (Å²) in [6, 6.07) is 18.3. The predicted molar refractivity (Wildman–Crippen MR) is 101 cm³/mol. The maximum atomic E-state index is 9.13. The fraction of sp³-hybridized carbons (Fsp3) is 0.136.